The van der Waals surface area contributed by atoms with Crippen molar-refractivity contribution in [3.8, 4) is 5.75 Å². The first kappa shape index (κ1) is 25.6. The first-order chi connectivity index (χ1) is 15.0. The molecule has 0 aliphatic carbocycles. The van der Waals surface area contributed by atoms with Crippen molar-refractivity contribution >= 4 is 33.4 Å². The number of benzene rings is 2. The highest BCUT2D eigenvalue weighted by Gasteiger charge is 2.28. The molecule has 0 bridgehead atoms. The van der Waals surface area contributed by atoms with E-state index < -0.39 is 22.0 Å². The summed E-state index contributed by atoms with van der Waals surface area (Å²) in [6, 6.07) is 13.3. The van der Waals surface area contributed by atoms with Crippen LogP contribution in [0.2, 0.25) is 5.02 Å². The van der Waals surface area contributed by atoms with Crippen molar-refractivity contribution in [1.82, 2.24) is 14.5 Å². The van der Waals surface area contributed by atoms with Crippen molar-refractivity contribution in [1.29, 1.82) is 0 Å². The third-order valence-corrected chi connectivity index (χ3v) is 6.50. The van der Waals surface area contributed by atoms with Gasteiger partial charge in [-0.05, 0) is 42.3 Å². The predicted molar refractivity (Wildman–Crippen MR) is 124 cm³/mol. The highest BCUT2D eigenvalue weighted by molar-refractivity contribution is 7.88. The molecule has 174 valence electrons. The maximum absolute atomic E-state index is 13.0. The Bertz CT molecular complexity index is 1030. The van der Waals surface area contributed by atoms with Gasteiger partial charge in [0.1, 0.15) is 11.8 Å². The molecule has 0 spiro atoms. The van der Waals surface area contributed by atoms with Crippen LogP contribution >= 0.6 is 11.6 Å². The van der Waals surface area contributed by atoms with Crippen LogP contribution in [0.5, 0.6) is 5.75 Å². The molecule has 0 aliphatic rings. The number of nitrogens with zero attached hydrogens (tertiary/aromatic N) is 2. The van der Waals surface area contributed by atoms with E-state index in [-0.39, 0.29) is 25.5 Å². The van der Waals surface area contributed by atoms with Crippen LogP contribution in [0.4, 0.5) is 0 Å². The van der Waals surface area contributed by atoms with Crippen LogP contribution in [0.3, 0.4) is 0 Å². The molecule has 10 heteroatoms. The van der Waals surface area contributed by atoms with Gasteiger partial charge in [-0.3, -0.25) is 9.59 Å². The minimum Gasteiger partial charge on any atom is -0.497 e. The van der Waals surface area contributed by atoms with Crippen LogP contribution in [-0.4, -0.2) is 62.4 Å². The van der Waals surface area contributed by atoms with E-state index >= 15 is 0 Å². The number of hydrogen-bond acceptors (Lipinski definition) is 5. The summed E-state index contributed by atoms with van der Waals surface area (Å²) in [5, 5.41) is 3.37. The molecule has 1 atom stereocenters. The number of ether oxygens (including phenoxy) is 1. The molecule has 0 unspecified atom stereocenters. The summed E-state index contributed by atoms with van der Waals surface area (Å²) in [5.41, 5.74) is 1.64. The lowest BCUT2D eigenvalue weighted by atomic mass is 10.1. The summed E-state index contributed by atoms with van der Waals surface area (Å²) in [6.45, 7) is 1.64. The fourth-order valence-corrected chi connectivity index (χ4v) is 3.32. The van der Waals surface area contributed by atoms with Crippen LogP contribution in [-0.2, 0) is 32.7 Å². The highest BCUT2D eigenvalue weighted by atomic mass is 35.5. The number of carbonyl (C=O) groups is 2. The van der Waals surface area contributed by atoms with E-state index in [4.69, 9.17) is 16.3 Å². The zero-order chi connectivity index (χ0) is 23.9. The average molecular weight is 482 g/mol. The maximum atomic E-state index is 13.0. The molecular formula is C22H28ClN3O5S. The molecule has 0 heterocycles. The van der Waals surface area contributed by atoms with E-state index in [0.29, 0.717) is 10.8 Å². The lowest BCUT2D eigenvalue weighted by Gasteiger charge is -2.30. The van der Waals surface area contributed by atoms with Crippen molar-refractivity contribution in [3.63, 3.8) is 0 Å². The Morgan fingerprint density at radius 2 is 1.62 bits per heavy atom. The Morgan fingerprint density at radius 1 is 1.06 bits per heavy atom. The summed E-state index contributed by atoms with van der Waals surface area (Å²) in [5.74, 6) is -0.131. The third kappa shape index (κ3) is 7.51. The van der Waals surface area contributed by atoms with Crippen LogP contribution < -0.4 is 10.1 Å². The fourth-order valence-electron chi connectivity index (χ4n) is 2.85. The van der Waals surface area contributed by atoms with Gasteiger partial charge < -0.3 is 15.0 Å². The van der Waals surface area contributed by atoms with Crippen LogP contribution in [0.25, 0.3) is 0 Å². The summed E-state index contributed by atoms with van der Waals surface area (Å²) in [6.07, 6.45) is 1.02. The number of hydrogen-bond donors (Lipinski definition) is 1. The number of carbonyl (C=O) groups excluding carboxylic acids is 2. The Balaban J connectivity index is 2.14. The van der Waals surface area contributed by atoms with Crippen molar-refractivity contribution in [2.45, 2.75) is 26.1 Å². The molecule has 0 aromatic heterocycles. The molecular weight excluding hydrogens is 454 g/mol. The van der Waals surface area contributed by atoms with Gasteiger partial charge in [-0.25, -0.2) is 8.42 Å². The number of rotatable bonds is 10. The number of amides is 2. The van der Waals surface area contributed by atoms with Crippen molar-refractivity contribution in [2.24, 2.45) is 0 Å². The van der Waals surface area contributed by atoms with Crippen LogP contribution in [0.15, 0.2) is 48.5 Å². The Kier molecular flexibility index (Phi) is 9.06. The lowest BCUT2D eigenvalue weighted by molar-refractivity contribution is -0.140. The second kappa shape index (κ2) is 11.3. The minimum absolute atomic E-state index is 0.130. The maximum Gasteiger partial charge on any atom is 0.242 e. The van der Waals surface area contributed by atoms with Crippen molar-refractivity contribution < 1.29 is 22.7 Å². The Morgan fingerprint density at radius 3 is 2.16 bits per heavy atom. The predicted octanol–water partition coefficient (Wildman–Crippen LogP) is 2.27. The number of methoxy groups -OCH3 is 1. The molecule has 0 aliphatic heterocycles. The van der Waals surface area contributed by atoms with Gasteiger partial charge in [0.05, 0.1) is 19.9 Å². The van der Waals surface area contributed by atoms with E-state index in [1.165, 1.54) is 11.9 Å². The molecule has 2 aromatic rings. The number of likely N-dealkylation sites (N-methyl/N-ethyl adjacent to an activating group) is 1. The van der Waals surface area contributed by atoms with Crippen LogP contribution in [0.1, 0.15) is 18.1 Å². The summed E-state index contributed by atoms with van der Waals surface area (Å²) < 4.78 is 29.6. The second-order valence-corrected chi connectivity index (χ2v) is 9.93. The van der Waals surface area contributed by atoms with E-state index in [0.717, 1.165) is 21.7 Å². The first-order valence-electron chi connectivity index (χ1n) is 9.87. The molecule has 2 amide bonds. The zero-order valence-corrected chi connectivity index (χ0v) is 20.1. The van der Waals surface area contributed by atoms with Gasteiger partial charge in [0.25, 0.3) is 0 Å². The lowest BCUT2D eigenvalue weighted by Crippen LogP contribution is -2.50. The molecule has 0 radical (unpaired) electrons. The zero-order valence-electron chi connectivity index (χ0n) is 18.5. The van der Waals surface area contributed by atoms with Gasteiger partial charge in [-0.15, -0.1) is 0 Å². The Labute approximate surface area is 194 Å². The average Bonchev–Trinajstić information content (AvgIpc) is 2.76. The summed E-state index contributed by atoms with van der Waals surface area (Å²) in [7, 11) is -0.653. The van der Waals surface area contributed by atoms with E-state index in [9.17, 15) is 18.0 Å². The molecule has 32 heavy (non-hydrogen) atoms. The first-order valence-corrected chi connectivity index (χ1v) is 12.1. The second-order valence-electron chi connectivity index (χ2n) is 7.41. The van der Waals surface area contributed by atoms with E-state index in [1.807, 2.05) is 12.1 Å². The molecule has 2 aromatic carbocycles. The summed E-state index contributed by atoms with van der Waals surface area (Å²) >= 11 is 5.94. The van der Waals surface area contributed by atoms with Crippen molar-refractivity contribution in [2.75, 3.05) is 27.0 Å². The van der Waals surface area contributed by atoms with Gasteiger partial charge in [-0.2, -0.15) is 4.31 Å². The molecule has 1 N–H and O–H groups in total. The molecule has 0 saturated heterocycles. The monoisotopic (exact) mass is 481 g/mol. The van der Waals surface area contributed by atoms with Gasteiger partial charge >= 0.3 is 0 Å². The molecule has 8 nitrogen and oxygen atoms in total. The number of nitrogens with one attached hydrogen (secondary N) is 1. The molecule has 0 saturated carbocycles. The van der Waals surface area contributed by atoms with E-state index in [1.54, 1.807) is 50.4 Å². The van der Waals surface area contributed by atoms with Gasteiger partial charge in [0, 0.05) is 25.2 Å². The highest BCUT2D eigenvalue weighted by Crippen LogP contribution is 2.15. The van der Waals surface area contributed by atoms with Gasteiger partial charge in [-0.1, -0.05) is 35.9 Å². The van der Waals surface area contributed by atoms with E-state index in [2.05, 4.69) is 5.32 Å². The minimum atomic E-state index is -3.55. The largest absolute Gasteiger partial charge is 0.497 e. The summed E-state index contributed by atoms with van der Waals surface area (Å²) in [4.78, 5) is 27.1. The fraction of sp³-hybridized carbons (Fsp3) is 0.364. The topological polar surface area (TPSA) is 96.0 Å². The normalized spacial score (nSPS) is 12.3. The molecule has 2 rings (SSSR count). The third-order valence-electron chi connectivity index (χ3n) is 4.98. The number of halogens is 1. The quantitative estimate of drug-likeness (QED) is 0.561. The van der Waals surface area contributed by atoms with Gasteiger partial charge in [0.2, 0.25) is 21.8 Å². The standard InChI is InChI=1S/C22H28ClN3O5S/c1-16(22(28)24-13-17-7-11-20(31-3)12-8-17)26(14-18-5-9-19(23)10-6-18)21(27)15-25(2)32(4,29)30/h5-12,16H,13-15H2,1-4H3,(H,24,28)/t16-/m1/s1. The molecule has 0 fully saturated rings. The SMILES string of the molecule is COc1ccc(CNC(=O)[C@@H](C)N(Cc2ccc(Cl)cc2)C(=O)CN(C)S(C)(=O)=O)cc1. The smallest absolute Gasteiger partial charge is 0.242 e. The van der Waals surface area contributed by atoms with Crippen LogP contribution in [0, 0.1) is 0 Å². The Hall–Kier alpha value is -2.62. The van der Waals surface area contributed by atoms with Gasteiger partial charge in [0.15, 0.2) is 0 Å². The van der Waals surface area contributed by atoms with Crippen molar-refractivity contribution in [3.05, 3.63) is 64.7 Å². The number of sulfonamides is 1.